The highest BCUT2D eigenvalue weighted by molar-refractivity contribution is 5.77. The average molecular weight is 517 g/mol. The molecule has 1 fully saturated rings. The Labute approximate surface area is 220 Å². The second-order valence-electron chi connectivity index (χ2n) is 8.90. The Kier molecular flexibility index (Phi) is 7.48. The van der Waals surface area contributed by atoms with Gasteiger partial charge in [0.25, 0.3) is 6.01 Å². The van der Waals surface area contributed by atoms with Crippen LogP contribution in [0.25, 0.3) is 22.7 Å². The number of anilines is 2. The number of halogens is 1. The van der Waals surface area contributed by atoms with Gasteiger partial charge in [-0.05, 0) is 49.7 Å². The second-order valence-corrected chi connectivity index (χ2v) is 8.90. The molecule has 196 valence electrons. The fraction of sp³-hybridized carbons (Fsp3) is 0.286. The largest absolute Gasteiger partial charge is 0.450 e. The number of piperazine rings is 1. The van der Waals surface area contributed by atoms with E-state index in [1.54, 1.807) is 36.2 Å². The van der Waals surface area contributed by atoms with E-state index in [0.717, 1.165) is 5.56 Å². The zero-order valence-electron chi connectivity index (χ0n) is 21.3. The molecule has 0 unspecified atom stereocenters. The van der Waals surface area contributed by atoms with Crippen molar-refractivity contribution in [3.05, 3.63) is 78.2 Å². The number of carbonyl (C=O) groups excluding carboxylic acids is 1. The monoisotopic (exact) mass is 516 g/mol. The first-order valence-corrected chi connectivity index (χ1v) is 12.6. The molecule has 1 amide bonds. The van der Waals surface area contributed by atoms with Crippen LogP contribution in [0.4, 0.5) is 21.1 Å². The average Bonchev–Trinajstić information content (AvgIpc) is 3.40. The van der Waals surface area contributed by atoms with Gasteiger partial charge in [-0.2, -0.15) is 4.98 Å². The summed E-state index contributed by atoms with van der Waals surface area (Å²) in [5.41, 5.74) is 2.91. The smallest absolute Gasteiger partial charge is 0.409 e. The molecule has 4 aromatic rings. The van der Waals surface area contributed by atoms with E-state index in [0.29, 0.717) is 67.5 Å². The molecule has 1 N–H and O–H groups in total. The summed E-state index contributed by atoms with van der Waals surface area (Å²) < 4.78 is 25.1. The van der Waals surface area contributed by atoms with Crippen molar-refractivity contribution in [2.45, 2.75) is 19.9 Å². The summed E-state index contributed by atoms with van der Waals surface area (Å²) in [5.74, 6) is 0.569. The minimum absolute atomic E-state index is 0.0102. The Morgan fingerprint density at radius 3 is 2.50 bits per heavy atom. The van der Waals surface area contributed by atoms with Crippen LogP contribution >= 0.6 is 0 Å². The summed E-state index contributed by atoms with van der Waals surface area (Å²) in [7, 11) is 0. The molecule has 10 heteroatoms. The third-order valence-corrected chi connectivity index (χ3v) is 6.34. The SMILES string of the molecule is CCOC(=O)N1CCN(c2nc(-c3ccc(F)cc3)c(-c3ccnc(N[C@@H](C)c4ccccc4)n3)o2)CC1. The van der Waals surface area contributed by atoms with Crippen LogP contribution in [-0.2, 0) is 4.74 Å². The lowest BCUT2D eigenvalue weighted by Crippen LogP contribution is -2.49. The molecule has 38 heavy (non-hydrogen) atoms. The van der Waals surface area contributed by atoms with Crippen molar-refractivity contribution < 1.29 is 18.3 Å². The number of benzene rings is 2. The van der Waals surface area contributed by atoms with Gasteiger partial charge in [0.05, 0.1) is 12.6 Å². The Bertz CT molecular complexity index is 1370. The van der Waals surface area contributed by atoms with Crippen molar-refractivity contribution >= 4 is 18.1 Å². The number of nitrogens with one attached hydrogen (secondary N) is 1. The van der Waals surface area contributed by atoms with Crippen LogP contribution in [0, 0.1) is 5.82 Å². The zero-order chi connectivity index (χ0) is 26.5. The third kappa shape index (κ3) is 5.59. The maximum atomic E-state index is 13.7. The number of carbonyl (C=O) groups is 1. The first-order chi connectivity index (χ1) is 18.5. The number of amides is 1. The quantitative estimate of drug-likeness (QED) is 0.349. The van der Waals surface area contributed by atoms with Crippen molar-refractivity contribution in [1.82, 2.24) is 19.9 Å². The lowest BCUT2D eigenvalue weighted by Gasteiger charge is -2.33. The molecule has 1 atom stereocenters. The normalized spacial score (nSPS) is 14.3. The Morgan fingerprint density at radius 1 is 1.05 bits per heavy atom. The predicted octanol–water partition coefficient (Wildman–Crippen LogP) is 5.39. The highest BCUT2D eigenvalue weighted by atomic mass is 19.1. The van der Waals surface area contributed by atoms with Crippen LogP contribution in [0.1, 0.15) is 25.5 Å². The van der Waals surface area contributed by atoms with Crippen LogP contribution in [0.2, 0.25) is 0 Å². The van der Waals surface area contributed by atoms with E-state index >= 15 is 0 Å². The van der Waals surface area contributed by atoms with Crippen molar-refractivity contribution in [3.8, 4) is 22.7 Å². The van der Waals surface area contributed by atoms with Gasteiger partial charge >= 0.3 is 6.09 Å². The van der Waals surface area contributed by atoms with Crippen molar-refractivity contribution in [2.24, 2.45) is 0 Å². The Balaban J connectivity index is 1.43. The Hall–Kier alpha value is -4.47. The molecular formula is C28H29FN6O3. The summed E-state index contributed by atoms with van der Waals surface area (Å²) in [6.07, 6.45) is 1.34. The maximum Gasteiger partial charge on any atom is 0.409 e. The summed E-state index contributed by atoms with van der Waals surface area (Å²) >= 11 is 0. The van der Waals surface area contributed by atoms with Gasteiger partial charge in [-0.3, -0.25) is 0 Å². The number of hydrogen-bond donors (Lipinski definition) is 1. The molecule has 9 nitrogen and oxygen atoms in total. The van der Waals surface area contributed by atoms with E-state index in [1.165, 1.54) is 12.1 Å². The molecule has 0 spiro atoms. The van der Waals surface area contributed by atoms with Gasteiger partial charge in [-0.1, -0.05) is 30.3 Å². The van der Waals surface area contributed by atoms with Crippen LogP contribution in [-0.4, -0.2) is 58.7 Å². The van der Waals surface area contributed by atoms with Crippen LogP contribution in [0.15, 0.2) is 71.3 Å². The fourth-order valence-corrected chi connectivity index (χ4v) is 4.29. The first kappa shape index (κ1) is 25.2. The van der Waals surface area contributed by atoms with Crippen LogP contribution in [0.5, 0.6) is 0 Å². The molecule has 0 saturated carbocycles. The van der Waals surface area contributed by atoms with Gasteiger partial charge in [0.15, 0.2) is 5.76 Å². The van der Waals surface area contributed by atoms with E-state index in [1.807, 2.05) is 42.2 Å². The fourth-order valence-electron chi connectivity index (χ4n) is 4.29. The summed E-state index contributed by atoms with van der Waals surface area (Å²) in [5, 5.41) is 3.34. The van der Waals surface area contributed by atoms with Gasteiger partial charge in [-0.15, -0.1) is 0 Å². The van der Waals surface area contributed by atoms with Gasteiger partial charge < -0.3 is 24.3 Å². The predicted molar refractivity (Wildman–Crippen MR) is 142 cm³/mol. The van der Waals surface area contributed by atoms with Crippen LogP contribution in [0.3, 0.4) is 0 Å². The summed E-state index contributed by atoms with van der Waals surface area (Å²) in [6.45, 7) is 6.21. The molecule has 2 aromatic carbocycles. The number of rotatable bonds is 7. The highest BCUT2D eigenvalue weighted by Crippen LogP contribution is 2.35. The minimum Gasteiger partial charge on any atom is -0.450 e. The van der Waals surface area contributed by atoms with E-state index in [2.05, 4.69) is 10.3 Å². The van der Waals surface area contributed by atoms with E-state index in [-0.39, 0.29) is 18.0 Å². The lowest BCUT2D eigenvalue weighted by molar-refractivity contribution is 0.104. The molecule has 5 rings (SSSR count). The minimum atomic E-state index is -0.336. The molecule has 0 bridgehead atoms. The third-order valence-electron chi connectivity index (χ3n) is 6.34. The molecule has 0 aliphatic carbocycles. The maximum absolute atomic E-state index is 13.7. The van der Waals surface area contributed by atoms with Crippen molar-refractivity contribution in [2.75, 3.05) is 43.0 Å². The van der Waals surface area contributed by atoms with E-state index in [4.69, 9.17) is 19.1 Å². The molecule has 1 aliphatic heterocycles. The van der Waals surface area contributed by atoms with Crippen molar-refractivity contribution in [1.29, 1.82) is 0 Å². The zero-order valence-corrected chi connectivity index (χ0v) is 21.3. The Morgan fingerprint density at radius 2 is 1.79 bits per heavy atom. The first-order valence-electron chi connectivity index (χ1n) is 12.6. The standard InChI is InChI=1S/C28H29FN6O3/c1-3-37-28(36)35-17-15-34(16-18-35)27-33-24(21-9-11-22(29)12-10-21)25(38-27)23-13-14-30-26(32-23)31-19(2)20-7-5-4-6-8-20/h4-14,19H,3,15-18H2,1-2H3,(H,30,31,32)/t19-/m0/s1. The molecular weight excluding hydrogens is 487 g/mol. The van der Waals surface area contributed by atoms with Gasteiger partial charge in [0, 0.05) is 37.9 Å². The number of aromatic nitrogens is 3. The second kappa shape index (κ2) is 11.3. The molecule has 3 heterocycles. The summed E-state index contributed by atoms with van der Waals surface area (Å²) in [6, 6.07) is 18.3. The molecule has 0 radical (unpaired) electrons. The van der Waals surface area contributed by atoms with Crippen molar-refractivity contribution in [3.63, 3.8) is 0 Å². The number of oxazole rings is 1. The van der Waals surface area contributed by atoms with Gasteiger partial charge in [-0.25, -0.2) is 19.2 Å². The van der Waals surface area contributed by atoms with Crippen LogP contribution < -0.4 is 10.2 Å². The molecule has 1 aliphatic rings. The van der Waals surface area contributed by atoms with E-state index in [9.17, 15) is 9.18 Å². The number of hydrogen-bond acceptors (Lipinski definition) is 8. The highest BCUT2D eigenvalue weighted by Gasteiger charge is 2.27. The van der Waals surface area contributed by atoms with Gasteiger partial charge in [0.2, 0.25) is 5.95 Å². The number of nitrogens with zero attached hydrogens (tertiary/aromatic N) is 5. The molecule has 2 aromatic heterocycles. The number of ether oxygens (including phenoxy) is 1. The lowest BCUT2D eigenvalue weighted by atomic mass is 10.1. The van der Waals surface area contributed by atoms with E-state index < -0.39 is 0 Å². The topological polar surface area (TPSA) is 96.6 Å². The molecule has 1 saturated heterocycles. The summed E-state index contributed by atoms with van der Waals surface area (Å²) in [4.78, 5) is 29.6. The van der Waals surface area contributed by atoms with Gasteiger partial charge in [0.1, 0.15) is 17.2 Å².